The highest BCUT2D eigenvalue weighted by Crippen LogP contribution is 2.23. The summed E-state index contributed by atoms with van der Waals surface area (Å²) in [6.07, 6.45) is 2.20. The van der Waals surface area contributed by atoms with Crippen molar-refractivity contribution in [1.82, 2.24) is 15.6 Å². The molecule has 1 aliphatic carbocycles. The number of carbonyl (C=O) groups is 1. The number of hydrazine groups is 1. The summed E-state index contributed by atoms with van der Waals surface area (Å²) in [4.78, 5) is 17.4. The lowest BCUT2D eigenvalue weighted by atomic mass is 10.3. The SMILES string of the molecule is CC(NC(=NC1CC1)NN)C(=O)N(C)C. The van der Waals surface area contributed by atoms with Crippen LogP contribution in [-0.2, 0) is 4.79 Å². The van der Waals surface area contributed by atoms with E-state index in [9.17, 15) is 4.79 Å². The summed E-state index contributed by atoms with van der Waals surface area (Å²) >= 11 is 0. The molecule has 1 fully saturated rings. The van der Waals surface area contributed by atoms with Gasteiger partial charge in [-0.25, -0.2) is 10.8 Å². The second-order valence-electron chi connectivity index (χ2n) is 3.95. The number of amides is 1. The third kappa shape index (κ3) is 3.75. The van der Waals surface area contributed by atoms with E-state index in [2.05, 4.69) is 15.7 Å². The molecule has 6 heteroatoms. The van der Waals surface area contributed by atoms with Crippen molar-refractivity contribution >= 4 is 11.9 Å². The first-order valence-corrected chi connectivity index (χ1v) is 5.06. The van der Waals surface area contributed by atoms with Crippen LogP contribution in [0, 0.1) is 0 Å². The number of nitrogens with one attached hydrogen (secondary N) is 2. The first-order valence-electron chi connectivity index (χ1n) is 5.06. The zero-order chi connectivity index (χ0) is 11.4. The van der Waals surface area contributed by atoms with E-state index in [-0.39, 0.29) is 11.9 Å². The second-order valence-corrected chi connectivity index (χ2v) is 3.95. The average Bonchev–Trinajstić information content (AvgIpc) is 2.99. The maximum Gasteiger partial charge on any atom is 0.244 e. The fraction of sp³-hybridized carbons (Fsp3) is 0.778. The van der Waals surface area contributed by atoms with Crippen molar-refractivity contribution in [3.8, 4) is 0 Å². The predicted molar refractivity (Wildman–Crippen MR) is 59.1 cm³/mol. The smallest absolute Gasteiger partial charge is 0.244 e. The highest BCUT2D eigenvalue weighted by molar-refractivity contribution is 5.88. The molecule has 0 radical (unpaired) electrons. The number of likely N-dealkylation sites (N-methyl/N-ethyl adjacent to an activating group) is 1. The van der Waals surface area contributed by atoms with Gasteiger partial charge in [-0.2, -0.15) is 0 Å². The molecule has 0 aromatic rings. The van der Waals surface area contributed by atoms with Gasteiger partial charge in [-0.3, -0.25) is 10.2 Å². The summed E-state index contributed by atoms with van der Waals surface area (Å²) in [5, 5.41) is 2.94. The lowest BCUT2D eigenvalue weighted by Gasteiger charge is -2.19. The first-order chi connectivity index (χ1) is 7.04. The number of rotatable bonds is 3. The van der Waals surface area contributed by atoms with Gasteiger partial charge >= 0.3 is 0 Å². The van der Waals surface area contributed by atoms with Gasteiger partial charge in [-0.05, 0) is 19.8 Å². The summed E-state index contributed by atoms with van der Waals surface area (Å²) in [6, 6.07) is 0.0405. The zero-order valence-electron chi connectivity index (χ0n) is 9.45. The van der Waals surface area contributed by atoms with E-state index in [1.807, 2.05) is 0 Å². The van der Waals surface area contributed by atoms with E-state index in [0.29, 0.717) is 12.0 Å². The molecule has 1 saturated carbocycles. The van der Waals surface area contributed by atoms with Gasteiger partial charge in [0, 0.05) is 14.1 Å². The van der Waals surface area contributed by atoms with E-state index >= 15 is 0 Å². The molecule has 86 valence electrons. The van der Waals surface area contributed by atoms with Crippen LogP contribution in [0.15, 0.2) is 4.99 Å². The van der Waals surface area contributed by atoms with Crippen LogP contribution >= 0.6 is 0 Å². The van der Waals surface area contributed by atoms with Crippen molar-refractivity contribution in [3.63, 3.8) is 0 Å². The van der Waals surface area contributed by atoms with Gasteiger partial charge in [0.25, 0.3) is 0 Å². The molecular weight excluding hydrogens is 194 g/mol. The molecule has 1 rings (SSSR count). The van der Waals surface area contributed by atoms with Crippen LogP contribution in [0.2, 0.25) is 0 Å². The van der Waals surface area contributed by atoms with Gasteiger partial charge < -0.3 is 10.2 Å². The Bertz CT molecular complexity index is 259. The minimum atomic E-state index is -0.325. The molecule has 15 heavy (non-hydrogen) atoms. The summed E-state index contributed by atoms with van der Waals surface area (Å²) < 4.78 is 0. The van der Waals surface area contributed by atoms with E-state index < -0.39 is 0 Å². The van der Waals surface area contributed by atoms with E-state index in [0.717, 1.165) is 12.8 Å². The molecule has 0 aromatic heterocycles. The highest BCUT2D eigenvalue weighted by Gasteiger charge is 2.22. The molecule has 4 N–H and O–H groups in total. The molecule has 0 spiro atoms. The quantitative estimate of drug-likeness (QED) is 0.244. The average molecular weight is 213 g/mol. The Labute approximate surface area is 89.9 Å². The predicted octanol–water partition coefficient (Wildman–Crippen LogP) is -0.966. The number of hydrogen-bond acceptors (Lipinski definition) is 3. The van der Waals surface area contributed by atoms with Crippen LogP contribution in [0.1, 0.15) is 19.8 Å². The molecule has 6 nitrogen and oxygen atoms in total. The van der Waals surface area contributed by atoms with Gasteiger partial charge in [-0.15, -0.1) is 0 Å². The van der Waals surface area contributed by atoms with Crippen molar-refractivity contribution < 1.29 is 4.79 Å². The van der Waals surface area contributed by atoms with Crippen molar-refractivity contribution in [2.24, 2.45) is 10.8 Å². The third-order valence-electron chi connectivity index (χ3n) is 2.16. The van der Waals surface area contributed by atoms with Crippen LogP contribution in [0.4, 0.5) is 0 Å². The molecule has 0 aromatic carbocycles. The molecule has 0 heterocycles. The Hall–Kier alpha value is -1.30. The number of guanidine groups is 1. The Kier molecular flexibility index (Phi) is 3.90. The fourth-order valence-electron chi connectivity index (χ4n) is 1.16. The van der Waals surface area contributed by atoms with Crippen LogP contribution in [0.5, 0.6) is 0 Å². The topological polar surface area (TPSA) is 82.7 Å². The van der Waals surface area contributed by atoms with E-state index in [1.165, 1.54) is 4.90 Å². The Morgan fingerprint density at radius 1 is 1.53 bits per heavy atom. The van der Waals surface area contributed by atoms with Gasteiger partial charge in [0.05, 0.1) is 6.04 Å². The molecule has 1 atom stereocenters. The lowest BCUT2D eigenvalue weighted by molar-refractivity contribution is -0.130. The zero-order valence-corrected chi connectivity index (χ0v) is 9.45. The fourth-order valence-corrected chi connectivity index (χ4v) is 1.16. The maximum absolute atomic E-state index is 11.5. The van der Waals surface area contributed by atoms with E-state index in [1.54, 1.807) is 21.0 Å². The number of hydrogen-bond donors (Lipinski definition) is 3. The van der Waals surface area contributed by atoms with Crippen LogP contribution in [-0.4, -0.2) is 42.9 Å². The van der Waals surface area contributed by atoms with Crippen molar-refractivity contribution in [3.05, 3.63) is 0 Å². The number of nitrogens with two attached hydrogens (primary N) is 1. The molecule has 1 amide bonds. The van der Waals surface area contributed by atoms with Crippen molar-refractivity contribution in [2.75, 3.05) is 14.1 Å². The minimum Gasteiger partial charge on any atom is -0.347 e. The maximum atomic E-state index is 11.5. The minimum absolute atomic E-state index is 0.00579. The Morgan fingerprint density at radius 2 is 2.13 bits per heavy atom. The van der Waals surface area contributed by atoms with Crippen LogP contribution in [0.3, 0.4) is 0 Å². The molecule has 0 aliphatic heterocycles. The van der Waals surface area contributed by atoms with E-state index in [4.69, 9.17) is 5.84 Å². The van der Waals surface area contributed by atoms with Crippen molar-refractivity contribution in [2.45, 2.75) is 31.8 Å². The van der Waals surface area contributed by atoms with Crippen molar-refractivity contribution in [1.29, 1.82) is 0 Å². The highest BCUT2D eigenvalue weighted by atomic mass is 16.2. The van der Waals surface area contributed by atoms with Gasteiger partial charge in [-0.1, -0.05) is 0 Å². The molecule has 0 saturated heterocycles. The number of carbonyl (C=O) groups excluding carboxylic acids is 1. The number of nitrogens with zero attached hydrogens (tertiary/aromatic N) is 2. The van der Waals surface area contributed by atoms with Gasteiger partial charge in [0.2, 0.25) is 11.9 Å². The second kappa shape index (κ2) is 4.97. The monoisotopic (exact) mass is 213 g/mol. The third-order valence-corrected chi connectivity index (χ3v) is 2.16. The van der Waals surface area contributed by atoms with Crippen LogP contribution in [0.25, 0.3) is 0 Å². The molecule has 1 unspecified atom stereocenters. The Balaban J connectivity index is 2.47. The van der Waals surface area contributed by atoms with Crippen LogP contribution < -0.4 is 16.6 Å². The van der Waals surface area contributed by atoms with Gasteiger partial charge in [0.1, 0.15) is 6.04 Å². The lowest BCUT2D eigenvalue weighted by Crippen LogP contribution is -2.50. The molecular formula is C9H19N5O. The summed E-state index contributed by atoms with van der Waals surface area (Å²) in [5.41, 5.74) is 2.47. The Morgan fingerprint density at radius 3 is 2.53 bits per heavy atom. The first kappa shape index (κ1) is 11.8. The number of aliphatic imine (C=N–C) groups is 1. The standard InChI is InChI=1S/C9H19N5O/c1-6(8(15)14(2)3)11-9(13-10)12-7-4-5-7/h6-7H,4-5,10H2,1-3H3,(H2,11,12,13). The largest absolute Gasteiger partial charge is 0.347 e. The summed E-state index contributed by atoms with van der Waals surface area (Å²) in [7, 11) is 3.43. The summed E-state index contributed by atoms with van der Waals surface area (Å²) in [6.45, 7) is 1.78. The molecule has 1 aliphatic rings. The van der Waals surface area contributed by atoms with Gasteiger partial charge in [0.15, 0.2) is 0 Å². The normalized spacial score (nSPS) is 18.3. The summed E-state index contributed by atoms with van der Waals surface area (Å²) in [5.74, 6) is 5.79. The molecule has 0 bridgehead atoms.